The van der Waals surface area contributed by atoms with Gasteiger partial charge in [0.15, 0.2) is 0 Å². The van der Waals surface area contributed by atoms with Crippen molar-refractivity contribution in [2.75, 3.05) is 33.3 Å². The first-order valence-corrected chi connectivity index (χ1v) is 8.07. The lowest BCUT2D eigenvalue weighted by Crippen LogP contribution is -2.45. The van der Waals surface area contributed by atoms with E-state index in [4.69, 9.17) is 0 Å². The second-order valence-corrected chi connectivity index (χ2v) is 7.47. The molecule has 1 saturated heterocycles. The topological polar surface area (TPSA) is 26.7 Å². The number of aliphatic hydroxyl groups excluding tert-OH is 1. The summed E-state index contributed by atoms with van der Waals surface area (Å²) in [5, 5.41) is 9.31. The van der Waals surface area contributed by atoms with E-state index >= 15 is 0 Å². The molecule has 2 aliphatic rings. The first-order valence-electron chi connectivity index (χ1n) is 8.07. The Morgan fingerprint density at radius 2 is 1.79 bits per heavy atom. The number of aliphatic hydroxyl groups is 1. The summed E-state index contributed by atoms with van der Waals surface area (Å²) in [6.45, 7) is 8.59. The van der Waals surface area contributed by atoms with Gasteiger partial charge in [0.1, 0.15) is 0 Å². The maximum atomic E-state index is 9.31. The maximum absolute atomic E-state index is 9.31. The van der Waals surface area contributed by atoms with Gasteiger partial charge in [0, 0.05) is 38.3 Å². The first-order chi connectivity index (χ1) is 9.02. The van der Waals surface area contributed by atoms with Crippen molar-refractivity contribution in [2.24, 2.45) is 5.41 Å². The van der Waals surface area contributed by atoms with E-state index in [1.807, 2.05) is 0 Å². The van der Waals surface area contributed by atoms with Gasteiger partial charge in [-0.15, -0.1) is 0 Å². The number of nitrogens with zero attached hydrogens (tertiary/aromatic N) is 2. The van der Waals surface area contributed by atoms with Crippen molar-refractivity contribution >= 4 is 0 Å². The van der Waals surface area contributed by atoms with Crippen LogP contribution in [0.5, 0.6) is 0 Å². The van der Waals surface area contributed by atoms with E-state index in [9.17, 15) is 5.11 Å². The SMILES string of the molecule is CN1CC(C)(C)CN(C2CCCCC2)CC1CCO. The lowest BCUT2D eigenvalue weighted by Gasteiger charge is -2.37. The van der Waals surface area contributed by atoms with Crippen LogP contribution in [0.4, 0.5) is 0 Å². The van der Waals surface area contributed by atoms with Gasteiger partial charge in [-0.25, -0.2) is 0 Å². The van der Waals surface area contributed by atoms with Gasteiger partial charge < -0.3 is 10.0 Å². The van der Waals surface area contributed by atoms with E-state index in [-0.39, 0.29) is 0 Å². The smallest absolute Gasteiger partial charge is 0.0446 e. The van der Waals surface area contributed by atoms with Crippen molar-refractivity contribution in [1.82, 2.24) is 9.80 Å². The lowest BCUT2D eigenvalue weighted by atomic mass is 9.89. The Hall–Kier alpha value is -0.120. The van der Waals surface area contributed by atoms with Crippen LogP contribution in [0.25, 0.3) is 0 Å². The van der Waals surface area contributed by atoms with Crippen LogP contribution in [0.2, 0.25) is 0 Å². The highest BCUT2D eigenvalue weighted by Gasteiger charge is 2.35. The molecule has 1 atom stereocenters. The predicted octanol–water partition coefficient (Wildman–Crippen LogP) is 2.34. The van der Waals surface area contributed by atoms with E-state index in [2.05, 4.69) is 30.7 Å². The monoisotopic (exact) mass is 268 g/mol. The average Bonchev–Trinajstić information content (AvgIpc) is 2.47. The molecule has 1 unspecified atom stereocenters. The van der Waals surface area contributed by atoms with Crippen molar-refractivity contribution in [3.63, 3.8) is 0 Å². The number of hydrogen-bond acceptors (Lipinski definition) is 3. The first kappa shape index (κ1) is 15.3. The highest BCUT2D eigenvalue weighted by molar-refractivity contribution is 4.90. The largest absolute Gasteiger partial charge is 0.396 e. The van der Waals surface area contributed by atoms with Crippen LogP contribution >= 0.6 is 0 Å². The fourth-order valence-electron chi connectivity index (χ4n) is 4.06. The van der Waals surface area contributed by atoms with E-state index in [1.165, 1.54) is 38.6 Å². The Balaban J connectivity index is 2.07. The second kappa shape index (κ2) is 6.55. The van der Waals surface area contributed by atoms with Gasteiger partial charge in [-0.3, -0.25) is 4.90 Å². The summed E-state index contributed by atoms with van der Waals surface area (Å²) < 4.78 is 0. The number of hydrogen-bond donors (Lipinski definition) is 1. The van der Waals surface area contributed by atoms with Gasteiger partial charge in [0.05, 0.1) is 0 Å². The molecular weight excluding hydrogens is 236 g/mol. The van der Waals surface area contributed by atoms with Gasteiger partial charge in [-0.05, 0) is 31.7 Å². The van der Waals surface area contributed by atoms with Crippen molar-refractivity contribution < 1.29 is 5.11 Å². The molecule has 0 radical (unpaired) electrons. The van der Waals surface area contributed by atoms with E-state index in [1.54, 1.807) is 0 Å². The molecule has 0 bridgehead atoms. The standard InChI is InChI=1S/C16H32N2O/c1-16(2)12-17(3)15(9-10-19)11-18(13-16)14-7-5-4-6-8-14/h14-15,19H,4-13H2,1-3H3. The van der Waals surface area contributed by atoms with Crippen molar-refractivity contribution in [3.8, 4) is 0 Å². The van der Waals surface area contributed by atoms with E-state index in [0.29, 0.717) is 18.1 Å². The Morgan fingerprint density at radius 1 is 1.11 bits per heavy atom. The lowest BCUT2D eigenvalue weighted by molar-refractivity contribution is 0.112. The normalized spacial score (nSPS) is 31.3. The Bertz CT molecular complexity index is 274. The highest BCUT2D eigenvalue weighted by atomic mass is 16.3. The zero-order valence-electron chi connectivity index (χ0n) is 13.1. The molecule has 1 aliphatic carbocycles. The predicted molar refractivity (Wildman–Crippen MR) is 80.3 cm³/mol. The second-order valence-electron chi connectivity index (χ2n) is 7.47. The van der Waals surface area contributed by atoms with Crippen LogP contribution in [0, 0.1) is 5.41 Å². The summed E-state index contributed by atoms with van der Waals surface area (Å²) in [7, 11) is 2.23. The molecule has 0 aromatic rings. The van der Waals surface area contributed by atoms with Gasteiger partial charge in [0.25, 0.3) is 0 Å². The maximum Gasteiger partial charge on any atom is 0.0446 e. The van der Waals surface area contributed by atoms with Gasteiger partial charge in [0.2, 0.25) is 0 Å². The van der Waals surface area contributed by atoms with Crippen LogP contribution in [0.15, 0.2) is 0 Å². The van der Waals surface area contributed by atoms with Gasteiger partial charge in [-0.1, -0.05) is 33.1 Å². The summed E-state index contributed by atoms with van der Waals surface area (Å²) >= 11 is 0. The summed E-state index contributed by atoms with van der Waals surface area (Å²) in [5.74, 6) is 0. The van der Waals surface area contributed by atoms with Gasteiger partial charge in [-0.2, -0.15) is 0 Å². The fraction of sp³-hybridized carbons (Fsp3) is 1.00. The molecule has 1 heterocycles. The van der Waals surface area contributed by atoms with Crippen molar-refractivity contribution in [1.29, 1.82) is 0 Å². The molecule has 1 aliphatic heterocycles. The molecule has 19 heavy (non-hydrogen) atoms. The zero-order chi connectivity index (χ0) is 13.9. The Morgan fingerprint density at radius 3 is 2.42 bits per heavy atom. The minimum Gasteiger partial charge on any atom is -0.396 e. The van der Waals surface area contributed by atoms with Gasteiger partial charge >= 0.3 is 0 Å². The highest BCUT2D eigenvalue weighted by Crippen LogP contribution is 2.30. The summed E-state index contributed by atoms with van der Waals surface area (Å²) in [5.41, 5.74) is 0.358. The molecule has 0 amide bonds. The molecule has 1 N–H and O–H groups in total. The van der Waals surface area contributed by atoms with Crippen molar-refractivity contribution in [2.45, 2.75) is 64.5 Å². The summed E-state index contributed by atoms with van der Waals surface area (Å²) in [6.07, 6.45) is 7.91. The molecule has 0 spiro atoms. The number of likely N-dealkylation sites (N-methyl/N-ethyl adjacent to an activating group) is 1. The molecular formula is C16H32N2O. The molecule has 0 aromatic heterocycles. The fourth-order valence-corrected chi connectivity index (χ4v) is 4.06. The Labute approximate surface area is 119 Å². The van der Waals surface area contributed by atoms with Crippen LogP contribution in [0.3, 0.4) is 0 Å². The third-order valence-corrected chi connectivity index (χ3v) is 4.93. The van der Waals surface area contributed by atoms with Crippen LogP contribution in [-0.4, -0.2) is 60.3 Å². The third-order valence-electron chi connectivity index (χ3n) is 4.93. The Kier molecular flexibility index (Phi) is 5.27. The molecule has 112 valence electrons. The average molecular weight is 268 g/mol. The minimum atomic E-state index is 0.313. The molecule has 3 nitrogen and oxygen atoms in total. The minimum absolute atomic E-state index is 0.313. The zero-order valence-corrected chi connectivity index (χ0v) is 13.1. The summed E-state index contributed by atoms with van der Waals surface area (Å²) in [6, 6.07) is 1.31. The molecule has 2 rings (SSSR count). The number of rotatable bonds is 3. The molecule has 2 fully saturated rings. The van der Waals surface area contributed by atoms with E-state index < -0.39 is 0 Å². The summed E-state index contributed by atoms with van der Waals surface area (Å²) in [4.78, 5) is 5.21. The van der Waals surface area contributed by atoms with E-state index in [0.717, 1.165) is 25.6 Å². The molecule has 1 saturated carbocycles. The third kappa shape index (κ3) is 4.17. The van der Waals surface area contributed by atoms with Crippen LogP contribution < -0.4 is 0 Å². The van der Waals surface area contributed by atoms with Crippen LogP contribution in [0.1, 0.15) is 52.4 Å². The quantitative estimate of drug-likeness (QED) is 0.851. The molecule has 0 aromatic carbocycles. The molecule has 3 heteroatoms. The van der Waals surface area contributed by atoms with Crippen molar-refractivity contribution in [3.05, 3.63) is 0 Å². The van der Waals surface area contributed by atoms with Crippen LogP contribution in [-0.2, 0) is 0 Å².